The smallest absolute Gasteiger partial charge is 0.320 e. The van der Waals surface area contributed by atoms with E-state index in [1.54, 1.807) is 0 Å². The number of nitrogens with zero attached hydrogens (tertiary/aromatic N) is 1. The van der Waals surface area contributed by atoms with Gasteiger partial charge in [0.2, 0.25) is 0 Å². The minimum Gasteiger partial charge on any atom is -0.383 e. The van der Waals surface area contributed by atoms with E-state index < -0.39 is 33.9 Å². The van der Waals surface area contributed by atoms with Crippen LogP contribution in [-0.4, -0.2) is 38.8 Å². The Morgan fingerprint density at radius 1 is 1.38 bits per heavy atom. The van der Waals surface area contributed by atoms with Gasteiger partial charge in [0.05, 0.1) is 12.2 Å². The van der Waals surface area contributed by atoms with E-state index in [1.807, 2.05) is 6.92 Å². The van der Waals surface area contributed by atoms with Gasteiger partial charge in [0.25, 0.3) is 10.0 Å². The van der Waals surface area contributed by atoms with Gasteiger partial charge < -0.3 is 5.32 Å². The summed E-state index contributed by atoms with van der Waals surface area (Å²) in [6.07, 6.45) is -2.09. The molecule has 0 saturated carbocycles. The molecule has 21 heavy (non-hydrogen) atoms. The third kappa shape index (κ3) is 4.81. The minimum atomic E-state index is -4.45. The number of aromatic nitrogens is 1. The summed E-state index contributed by atoms with van der Waals surface area (Å²) < 4.78 is 74.9. The third-order valence-corrected chi connectivity index (χ3v) is 3.77. The molecule has 0 unspecified atom stereocenters. The van der Waals surface area contributed by atoms with Crippen LogP contribution in [0.4, 0.5) is 23.2 Å². The zero-order valence-corrected chi connectivity index (χ0v) is 11.9. The fraction of sp³-hybridized carbons (Fsp3) is 0.545. The second kappa shape index (κ2) is 7.03. The number of hydrogen-bond acceptors (Lipinski definition) is 4. The molecule has 0 spiro atoms. The van der Waals surface area contributed by atoms with E-state index in [9.17, 15) is 26.0 Å². The minimum absolute atomic E-state index is 0.118. The average Bonchev–Trinajstić information content (AvgIpc) is 2.43. The second-order valence-corrected chi connectivity index (χ2v) is 5.85. The van der Waals surface area contributed by atoms with Crippen LogP contribution in [0.5, 0.6) is 0 Å². The largest absolute Gasteiger partial charge is 0.383 e. The van der Waals surface area contributed by atoms with E-state index >= 15 is 0 Å². The van der Waals surface area contributed by atoms with E-state index in [-0.39, 0.29) is 5.69 Å². The normalized spacial score (nSPS) is 12.7. The summed E-state index contributed by atoms with van der Waals surface area (Å²) in [5, 5.41) is 2.26. The van der Waals surface area contributed by atoms with Crippen LogP contribution in [0.25, 0.3) is 0 Å². The van der Waals surface area contributed by atoms with Crippen LogP contribution in [0.1, 0.15) is 13.3 Å². The number of nitrogens with one attached hydrogen (secondary N) is 2. The van der Waals surface area contributed by atoms with Crippen molar-refractivity contribution in [3.8, 4) is 0 Å². The summed E-state index contributed by atoms with van der Waals surface area (Å²) in [5.74, 6) is -4.45. The van der Waals surface area contributed by atoms with Crippen molar-refractivity contribution in [2.24, 2.45) is 0 Å². The molecular weight excluding hydrogens is 314 g/mol. The van der Waals surface area contributed by atoms with Crippen LogP contribution >= 0.6 is 0 Å². The van der Waals surface area contributed by atoms with Gasteiger partial charge in [-0.15, -0.1) is 0 Å². The zero-order chi connectivity index (χ0) is 16.1. The van der Waals surface area contributed by atoms with Gasteiger partial charge in [-0.25, -0.2) is 26.9 Å². The lowest BCUT2D eigenvalue weighted by Crippen LogP contribution is -2.41. The van der Waals surface area contributed by atoms with Gasteiger partial charge in [0.15, 0.2) is 5.03 Å². The summed E-state index contributed by atoms with van der Waals surface area (Å²) in [7, 11) is -4.43. The molecule has 10 heteroatoms. The number of pyridine rings is 1. The van der Waals surface area contributed by atoms with E-state index in [4.69, 9.17) is 0 Å². The summed E-state index contributed by atoms with van der Waals surface area (Å²) >= 11 is 0. The highest BCUT2D eigenvalue weighted by molar-refractivity contribution is 7.89. The van der Waals surface area contributed by atoms with E-state index in [0.717, 1.165) is 6.20 Å². The Balaban J connectivity index is 2.93. The molecule has 0 aliphatic heterocycles. The first-order valence-corrected chi connectivity index (χ1v) is 7.53. The van der Waals surface area contributed by atoms with Crippen molar-refractivity contribution in [1.29, 1.82) is 0 Å². The number of anilines is 1. The third-order valence-electron chi connectivity index (χ3n) is 2.41. The van der Waals surface area contributed by atoms with Crippen LogP contribution < -0.4 is 10.0 Å². The second-order valence-electron chi connectivity index (χ2n) is 4.17. The van der Waals surface area contributed by atoms with Gasteiger partial charge in [-0.3, -0.25) is 0 Å². The van der Waals surface area contributed by atoms with Crippen molar-refractivity contribution in [2.45, 2.75) is 30.7 Å². The Kier molecular flexibility index (Phi) is 5.90. The fourth-order valence-electron chi connectivity index (χ4n) is 1.34. The number of sulfonamides is 1. The van der Waals surface area contributed by atoms with Gasteiger partial charge in [0.1, 0.15) is 0 Å². The molecule has 0 saturated heterocycles. The quantitative estimate of drug-likeness (QED) is 0.717. The highest BCUT2D eigenvalue weighted by atomic mass is 32.2. The van der Waals surface area contributed by atoms with Crippen LogP contribution in [0.2, 0.25) is 0 Å². The molecule has 0 bridgehead atoms. The van der Waals surface area contributed by atoms with Crippen molar-refractivity contribution in [1.82, 2.24) is 9.71 Å². The molecule has 0 atom stereocenters. The Labute approximate surface area is 119 Å². The molecular formula is C11H15F4N3O2S. The standard InChI is InChI=1S/C11H15F4N3O2S/c1-2-5-16-8-4-3-6-17-9(8)21(19,20)18-7-11(14,15)10(12)13/h3-4,6,10,16,18H,2,5,7H2,1H3. The van der Waals surface area contributed by atoms with Crippen molar-refractivity contribution >= 4 is 15.7 Å². The van der Waals surface area contributed by atoms with Gasteiger partial charge in [-0.2, -0.15) is 8.78 Å². The molecule has 2 N–H and O–H groups in total. The van der Waals surface area contributed by atoms with Gasteiger partial charge >= 0.3 is 12.3 Å². The lowest BCUT2D eigenvalue weighted by Gasteiger charge is -2.16. The van der Waals surface area contributed by atoms with E-state index in [2.05, 4.69) is 10.3 Å². The fourth-order valence-corrected chi connectivity index (χ4v) is 2.48. The Bertz CT molecular complexity index is 566. The molecule has 1 aromatic rings. The number of hydrogen-bond donors (Lipinski definition) is 2. The molecule has 0 aliphatic carbocycles. The maximum absolute atomic E-state index is 12.8. The molecule has 0 amide bonds. The van der Waals surface area contributed by atoms with Gasteiger partial charge in [-0.1, -0.05) is 6.92 Å². The van der Waals surface area contributed by atoms with Crippen molar-refractivity contribution in [3.05, 3.63) is 18.3 Å². The molecule has 120 valence electrons. The van der Waals surface area contributed by atoms with Crippen LogP contribution in [0.15, 0.2) is 23.4 Å². The Morgan fingerprint density at radius 3 is 2.62 bits per heavy atom. The maximum Gasteiger partial charge on any atom is 0.320 e. The Morgan fingerprint density at radius 2 is 2.05 bits per heavy atom. The molecule has 1 heterocycles. The van der Waals surface area contributed by atoms with E-state index in [1.165, 1.54) is 16.9 Å². The maximum atomic E-state index is 12.8. The number of rotatable bonds is 8. The monoisotopic (exact) mass is 329 g/mol. The van der Waals surface area contributed by atoms with Crippen molar-refractivity contribution in [3.63, 3.8) is 0 Å². The first kappa shape index (κ1) is 17.6. The zero-order valence-electron chi connectivity index (χ0n) is 11.1. The first-order valence-electron chi connectivity index (χ1n) is 6.05. The van der Waals surface area contributed by atoms with Crippen LogP contribution in [0, 0.1) is 0 Å². The topological polar surface area (TPSA) is 71.1 Å². The summed E-state index contributed by atoms with van der Waals surface area (Å²) in [4.78, 5) is 3.60. The summed E-state index contributed by atoms with van der Waals surface area (Å²) in [5.41, 5.74) is 0.118. The highest BCUT2D eigenvalue weighted by Crippen LogP contribution is 2.23. The van der Waals surface area contributed by atoms with Gasteiger partial charge in [-0.05, 0) is 18.6 Å². The lowest BCUT2D eigenvalue weighted by atomic mass is 10.4. The summed E-state index contributed by atoms with van der Waals surface area (Å²) in [6.45, 7) is 0.594. The van der Waals surface area contributed by atoms with E-state index in [0.29, 0.717) is 13.0 Å². The summed E-state index contributed by atoms with van der Waals surface area (Å²) in [6, 6.07) is 2.87. The number of halogens is 4. The van der Waals surface area contributed by atoms with Crippen molar-refractivity contribution in [2.75, 3.05) is 18.4 Å². The van der Waals surface area contributed by atoms with Crippen LogP contribution in [0.3, 0.4) is 0 Å². The van der Waals surface area contributed by atoms with Crippen LogP contribution in [-0.2, 0) is 10.0 Å². The SMILES string of the molecule is CCCNc1cccnc1S(=O)(=O)NCC(F)(F)C(F)F. The molecule has 5 nitrogen and oxygen atoms in total. The highest BCUT2D eigenvalue weighted by Gasteiger charge is 2.41. The predicted octanol–water partition coefficient (Wildman–Crippen LogP) is 2.08. The molecule has 0 aromatic carbocycles. The van der Waals surface area contributed by atoms with Gasteiger partial charge in [0, 0.05) is 12.7 Å². The molecule has 0 aliphatic rings. The molecule has 1 rings (SSSR count). The predicted molar refractivity (Wildman–Crippen MR) is 69.2 cm³/mol. The Hall–Kier alpha value is -1.42. The van der Waals surface area contributed by atoms with Crippen molar-refractivity contribution < 1.29 is 26.0 Å². The molecule has 0 radical (unpaired) electrons. The lowest BCUT2D eigenvalue weighted by molar-refractivity contribution is -0.122. The molecule has 0 fully saturated rings. The molecule has 1 aromatic heterocycles. The first-order chi connectivity index (χ1) is 9.70. The average molecular weight is 329 g/mol. The number of alkyl halides is 4.